The molecular formula is C17H26FNOS. The van der Waals surface area contributed by atoms with E-state index in [4.69, 9.17) is 5.73 Å². The number of halogens is 1. The van der Waals surface area contributed by atoms with E-state index in [-0.39, 0.29) is 22.5 Å². The van der Waals surface area contributed by atoms with Crippen LogP contribution in [-0.2, 0) is 10.8 Å². The first kappa shape index (κ1) is 16.6. The lowest BCUT2D eigenvalue weighted by molar-refractivity contribution is 0.147. The average molecular weight is 311 g/mol. The van der Waals surface area contributed by atoms with E-state index in [2.05, 4.69) is 20.8 Å². The van der Waals surface area contributed by atoms with Gasteiger partial charge in [0.05, 0.1) is 20.9 Å². The van der Waals surface area contributed by atoms with Crippen molar-refractivity contribution in [3.05, 3.63) is 30.1 Å². The van der Waals surface area contributed by atoms with Crippen LogP contribution in [0.3, 0.4) is 0 Å². The van der Waals surface area contributed by atoms with Gasteiger partial charge in [0.1, 0.15) is 5.82 Å². The summed E-state index contributed by atoms with van der Waals surface area (Å²) in [7, 11) is -1.37. The lowest BCUT2D eigenvalue weighted by atomic mass is 9.69. The van der Waals surface area contributed by atoms with Crippen molar-refractivity contribution in [3.63, 3.8) is 0 Å². The molecule has 1 fully saturated rings. The summed E-state index contributed by atoms with van der Waals surface area (Å²) in [4.78, 5) is 0.299. The molecule has 1 aromatic rings. The zero-order valence-electron chi connectivity index (χ0n) is 13.1. The monoisotopic (exact) mass is 311 g/mol. The van der Waals surface area contributed by atoms with Gasteiger partial charge < -0.3 is 5.73 Å². The number of benzene rings is 1. The number of hydrogen-bond donors (Lipinski definition) is 1. The van der Waals surface area contributed by atoms with Gasteiger partial charge in [0.15, 0.2) is 0 Å². The van der Waals surface area contributed by atoms with Gasteiger partial charge in [-0.1, -0.05) is 39.3 Å². The molecule has 0 radical (unpaired) electrons. The van der Waals surface area contributed by atoms with Crippen LogP contribution >= 0.6 is 0 Å². The lowest BCUT2D eigenvalue weighted by Gasteiger charge is -2.41. The number of nitrogens with two attached hydrogens (primary N) is 1. The number of hydrogen-bond acceptors (Lipinski definition) is 2. The largest absolute Gasteiger partial charge is 0.327 e. The van der Waals surface area contributed by atoms with Crippen molar-refractivity contribution < 1.29 is 8.60 Å². The van der Waals surface area contributed by atoms with Gasteiger partial charge in [0, 0.05) is 6.04 Å². The summed E-state index contributed by atoms with van der Waals surface area (Å²) in [6.45, 7) is 6.71. The van der Waals surface area contributed by atoms with Crippen molar-refractivity contribution in [1.82, 2.24) is 0 Å². The SMILES string of the molecule is CCC(C)(C)C1CCC(N)C(S(=O)c2ccccc2F)C1. The van der Waals surface area contributed by atoms with Crippen LogP contribution in [0.4, 0.5) is 4.39 Å². The Labute approximate surface area is 129 Å². The summed E-state index contributed by atoms with van der Waals surface area (Å²) in [6.07, 6.45) is 3.86. The van der Waals surface area contributed by atoms with Crippen LogP contribution in [0.15, 0.2) is 29.2 Å². The Hall–Kier alpha value is -0.740. The maximum absolute atomic E-state index is 13.9. The van der Waals surface area contributed by atoms with Crippen LogP contribution in [0.1, 0.15) is 46.5 Å². The highest BCUT2D eigenvalue weighted by Crippen LogP contribution is 2.42. The first-order valence-electron chi connectivity index (χ1n) is 7.77. The summed E-state index contributed by atoms with van der Waals surface area (Å²) < 4.78 is 26.7. The molecule has 0 aliphatic heterocycles. The fourth-order valence-electron chi connectivity index (χ4n) is 3.17. The quantitative estimate of drug-likeness (QED) is 0.917. The lowest BCUT2D eigenvalue weighted by Crippen LogP contribution is -2.45. The molecule has 0 aromatic heterocycles. The summed E-state index contributed by atoms with van der Waals surface area (Å²) in [5, 5.41) is -0.147. The fraction of sp³-hybridized carbons (Fsp3) is 0.647. The minimum absolute atomic E-state index is 0.102. The molecule has 2 N–H and O–H groups in total. The van der Waals surface area contributed by atoms with Crippen LogP contribution in [0, 0.1) is 17.2 Å². The zero-order chi connectivity index (χ0) is 15.6. The van der Waals surface area contributed by atoms with Gasteiger partial charge in [-0.3, -0.25) is 4.21 Å². The Kier molecular flexibility index (Phi) is 5.20. The van der Waals surface area contributed by atoms with E-state index in [1.807, 2.05) is 0 Å². The molecule has 118 valence electrons. The van der Waals surface area contributed by atoms with E-state index < -0.39 is 10.8 Å². The topological polar surface area (TPSA) is 43.1 Å². The molecule has 4 atom stereocenters. The summed E-state index contributed by atoms with van der Waals surface area (Å²) in [5.74, 6) is 0.114. The molecule has 0 amide bonds. The molecule has 2 nitrogen and oxygen atoms in total. The van der Waals surface area contributed by atoms with Gasteiger partial charge in [0.2, 0.25) is 0 Å². The van der Waals surface area contributed by atoms with Crippen LogP contribution in [0.2, 0.25) is 0 Å². The molecule has 21 heavy (non-hydrogen) atoms. The average Bonchev–Trinajstić information content (AvgIpc) is 2.47. The second-order valence-electron chi connectivity index (χ2n) is 6.78. The Morgan fingerprint density at radius 2 is 2.00 bits per heavy atom. The van der Waals surface area contributed by atoms with Gasteiger partial charge in [-0.15, -0.1) is 0 Å². The van der Waals surface area contributed by atoms with Crippen LogP contribution in [0.25, 0.3) is 0 Å². The summed E-state index contributed by atoms with van der Waals surface area (Å²) >= 11 is 0. The normalized spacial score (nSPS) is 28.3. The maximum Gasteiger partial charge on any atom is 0.139 e. The van der Waals surface area contributed by atoms with Gasteiger partial charge >= 0.3 is 0 Å². The van der Waals surface area contributed by atoms with Crippen LogP contribution in [0.5, 0.6) is 0 Å². The van der Waals surface area contributed by atoms with E-state index in [0.717, 1.165) is 25.7 Å². The first-order chi connectivity index (χ1) is 9.86. The predicted molar refractivity (Wildman–Crippen MR) is 86.0 cm³/mol. The predicted octanol–water partition coefficient (Wildman–Crippen LogP) is 3.87. The van der Waals surface area contributed by atoms with E-state index in [1.54, 1.807) is 18.2 Å². The summed E-state index contributed by atoms with van der Waals surface area (Å²) in [6, 6.07) is 6.24. The Morgan fingerprint density at radius 3 is 2.62 bits per heavy atom. The van der Waals surface area contributed by atoms with Crippen molar-refractivity contribution in [1.29, 1.82) is 0 Å². The van der Waals surface area contributed by atoms with Crippen molar-refractivity contribution in [3.8, 4) is 0 Å². The minimum Gasteiger partial charge on any atom is -0.327 e. The van der Waals surface area contributed by atoms with Crippen LogP contribution < -0.4 is 5.73 Å². The third-order valence-corrected chi connectivity index (χ3v) is 7.04. The smallest absolute Gasteiger partial charge is 0.139 e. The zero-order valence-corrected chi connectivity index (χ0v) is 14.0. The van der Waals surface area contributed by atoms with Crippen molar-refractivity contribution in [2.45, 2.75) is 62.6 Å². The third-order valence-electron chi connectivity index (χ3n) is 5.19. The Morgan fingerprint density at radius 1 is 1.33 bits per heavy atom. The number of rotatable bonds is 4. The van der Waals surface area contributed by atoms with Gasteiger partial charge in [0.25, 0.3) is 0 Å². The fourth-order valence-corrected chi connectivity index (χ4v) is 4.83. The van der Waals surface area contributed by atoms with Gasteiger partial charge in [-0.2, -0.15) is 0 Å². The molecule has 1 aliphatic rings. The second kappa shape index (κ2) is 6.57. The van der Waals surface area contributed by atoms with Gasteiger partial charge in [-0.25, -0.2) is 4.39 Å². The highest BCUT2D eigenvalue weighted by Gasteiger charge is 2.39. The molecule has 1 saturated carbocycles. The Balaban J connectivity index is 2.21. The Bertz CT molecular complexity index is 517. The molecule has 1 aromatic carbocycles. The molecule has 0 saturated heterocycles. The molecule has 0 bridgehead atoms. The van der Waals surface area contributed by atoms with E-state index in [1.165, 1.54) is 6.07 Å². The van der Waals surface area contributed by atoms with Crippen molar-refractivity contribution >= 4 is 10.8 Å². The summed E-state index contributed by atoms with van der Waals surface area (Å²) in [5.41, 5.74) is 6.42. The first-order valence-corrected chi connectivity index (χ1v) is 8.98. The van der Waals surface area contributed by atoms with E-state index in [9.17, 15) is 8.60 Å². The maximum atomic E-state index is 13.9. The highest BCUT2D eigenvalue weighted by atomic mass is 32.2. The van der Waals surface area contributed by atoms with Crippen molar-refractivity contribution in [2.24, 2.45) is 17.1 Å². The standard InChI is InChI=1S/C17H26FNOS/c1-4-17(2,3)12-9-10-14(19)16(11-12)21(20)15-8-6-5-7-13(15)18/h5-8,12,14,16H,4,9-11,19H2,1-3H3. The van der Waals surface area contributed by atoms with Gasteiger partial charge in [-0.05, 0) is 42.7 Å². The van der Waals surface area contributed by atoms with E-state index >= 15 is 0 Å². The third kappa shape index (κ3) is 3.54. The molecule has 2 rings (SSSR count). The molecule has 4 unspecified atom stereocenters. The minimum atomic E-state index is -1.37. The second-order valence-corrected chi connectivity index (χ2v) is 8.42. The molecule has 0 heterocycles. The molecule has 4 heteroatoms. The molecule has 1 aliphatic carbocycles. The molecule has 0 spiro atoms. The molecular weight excluding hydrogens is 285 g/mol. The highest BCUT2D eigenvalue weighted by molar-refractivity contribution is 7.85. The van der Waals surface area contributed by atoms with Crippen LogP contribution in [-0.4, -0.2) is 15.5 Å². The van der Waals surface area contributed by atoms with Crippen molar-refractivity contribution in [2.75, 3.05) is 0 Å². The van der Waals surface area contributed by atoms with E-state index in [0.29, 0.717) is 10.8 Å².